The predicted octanol–water partition coefficient (Wildman–Crippen LogP) is 5.79. The third-order valence-corrected chi connectivity index (χ3v) is 6.86. The Labute approximate surface area is 152 Å². The van der Waals surface area contributed by atoms with Gasteiger partial charge in [-0.05, 0) is 48.2 Å². The maximum atomic E-state index is 4.72. The number of thioether (sulfide) groups is 1. The van der Waals surface area contributed by atoms with Gasteiger partial charge in [-0.3, -0.25) is 4.98 Å². The highest BCUT2D eigenvalue weighted by atomic mass is 32.2. The van der Waals surface area contributed by atoms with Crippen LogP contribution in [0.15, 0.2) is 53.8 Å². The minimum Gasteiger partial charge on any atom is -0.256 e. The van der Waals surface area contributed by atoms with Crippen LogP contribution in [0.2, 0.25) is 0 Å². The van der Waals surface area contributed by atoms with Crippen molar-refractivity contribution in [2.24, 2.45) is 0 Å². The Morgan fingerprint density at radius 3 is 2.40 bits per heavy atom. The Kier molecular flexibility index (Phi) is 2.87. The molecule has 0 unspecified atom stereocenters. The quantitative estimate of drug-likeness (QED) is 0.516. The smallest absolute Gasteiger partial charge is 0.105 e. The summed E-state index contributed by atoms with van der Waals surface area (Å²) in [6.45, 7) is 9.25. The van der Waals surface area contributed by atoms with Crippen LogP contribution in [0.25, 0.3) is 22.4 Å². The van der Waals surface area contributed by atoms with E-state index < -0.39 is 0 Å². The van der Waals surface area contributed by atoms with E-state index in [1.165, 1.54) is 33.4 Å². The molecule has 0 saturated carbocycles. The fourth-order valence-electron chi connectivity index (χ4n) is 4.45. The fourth-order valence-corrected chi connectivity index (χ4v) is 5.61. The van der Waals surface area contributed by atoms with E-state index in [0.717, 1.165) is 10.7 Å². The lowest BCUT2D eigenvalue weighted by Gasteiger charge is -2.36. The summed E-state index contributed by atoms with van der Waals surface area (Å²) < 4.78 is 0.00397. The summed E-state index contributed by atoms with van der Waals surface area (Å²) >= 11 is 1.86. The standard InChI is InChI=1S/C22H20N2S/c1-21(2)16-8-6-11-23-19(16)14-9-10-15-17(18(14)21)13-7-5-12-24-20(13)25-22(15,3)4/h5-12H,1-4H3. The SMILES string of the molecule is CC1(C)Sc2ncccc2-c2c1ccc1c2C(C)(C)c2cccnc2-1. The van der Waals surface area contributed by atoms with Gasteiger partial charge in [-0.1, -0.05) is 49.9 Å². The molecule has 5 rings (SSSR count). The van der Waals surface area contributed by atoms with Crippen molar-refractivity contribution in [1.29, 1.82) is 0 Å². The van der Waals surface area contributed by atoms with Crippen molar-refractivity contribution in [3.63, 3.8) is 0 Å². The molecule has 1 aliphatic carbocycles. The molecule has 2 aromatic heterocycles. The van der Waals surface area contributed by atoms with Crippen LogP contribution in [-0.2, 0) is 10.2 Å². The first-order valence-electron chi connectivity index (χ1n) is 8.69. The molecule has 0 radical (unpaired) electrons. The molecule has 3 aromatic rings. The summed E-state index contributed by atoms with van der Waals surface area (Å²) in [5.41, 5.74) is 9.10. The van der Waals surface area contributed by atoms with Crippen molar-refractivity contribution >= 4 is 11.8 Å². The summed E-state index contributed by atoms with van der Waals surface area (Å²) in [6, 6.07) is 13.1. The number of hydrogen-bond donors (Lipinski definition) is 0. The van der Waals surface area contributed by atoms with Gasteiger partial charge in [-0.25, -0.2) is 4.98 Å². The monoisotopic (exact) mass is 344 g/mol. The van der Waals surface area contributed by atoms with E-state index >= 15 is 0 Å². The average Bonchev–Trinajstić information content (AvgIpc) is 2.83. The molecule has 0 amide bonds. The number of hydrogen-bond acceptors (Lipinski definition) is 3. The first kappa shape index (κ1) is 15.2. The number of rotatable bonds is 0. The normalized spacial score (nSPS) is 18.1. The third kappa shape index (κ3) is 1.87. The van der Waals surface area contributed by atoms with Crippen molar-refractivity contribution in [3.05, 3.63) is 65.5 Å². The first-order chi connectivity index (χ1) is 11.9. The van der Waals surface area contributed by atoms with Crippen LogP contribution in [0.1, 0.15) is 44.4 Å². The molecule has 0 fully saturated rings. The second-order valence-corrected chi connectivity index (χ2v) is 9.52. The molecule has 124 valence electrons. The van der Waals surface area contributed by atoms with E-state index in [-0.39, 0.29) is 10.2 Å². The highest BCUT2D eigenvalue weighted by Gasteiger charge is 2.43. The van der Waals surface area contributed by atoms with Crippen LogP contribution < -0.4 is 0 Å². The predicted molar refractivity (Wildman–Crippen MR) is 104 cm³/mol. The molecular weight excluding hydrogens is 324 g/mol. The summed E-state index contributed by atoms with van der Waals surface area (Å²) in [6.07, 6.45) is 3.80. The van der Waals surface area contributed by atoms with Gasteiger partial charge in [-0.2, -0.15) is 0 Å². The van der Waals surface area contributed by atoms with Gasteiger partial charge in [0.05, 0.1) is 5.69 Å². The number of pyridine rings is 2. The van der Waals surface area contributed by atoms with Crippen molar-refractivity contribution in [1.82, 2.24) is 9.97 Å². The summed E-state index contributed by atoms with van der Waals surface area (Å²) in [4.78, 5) is 9.40. The zero-order valence-electron chi connectivity index (χ0n) is 14.9. The van der Waals surface area contributed by atoms with Crippen LogP contribution in [0.4, 0.5) is 0 Å². The molecular formula is C22H20N2S. The largest absolute Gasteiger partial charge is 0.256 e. The van der Waals surface area contributed by atoms with E-state index in [1.54, 1.807) is 0 Å². The summed E-state index contributed by atoms with van der Waals surface area (Å²) in [7, 11) is 0. The van der Waals surface area contributed by atoms with Gasteiger partial charge in [0.2, 0.25) is 0 Å². The molecule has 3 heterocycles. The minimum atomic E-state index is -0.0601. The Hall–Kier alpha value is -2.13. The molecule has 1 aromatic carbocycles. The lowest BCUT2D eigenvalue weighted by Crippen LogP contribution is -2.23. The molecule has 0 bridgehead atoms. The Morgan fingerprint density at radius 2 is 1.56 bits per heavy atom. The van der Waals surface area contributed by atoms with E-state index in [0.29, 0.717) is 0 Å². The van der Waals surface area contributed by atoms with E-state index in [4.69, 9.17) is 4.98 Å². The van der Waals surface area contributed by atoms with Gasteiger partial charge < -0.3 is 0 Å². The lowest BCUT2D eigenvalue weighted by molar-refractivity contribution is 0.655. The van der Waals surface area contributed by atoms with Crippen LogP contribution >= 0.6 is 11.8 Å². The molecule has 2 nitrogen and oxygen atoms in total. The van der Waals surface area contributed by atoms with Crippen LogP contribution in [0, 0.1) is 0 Å². The van der Waals surface area contributed by atoms with E-state index in [2.05, 4.69) is 56.9 Å². The van der Waals surface area contributed by atoms with Gasteiger partial charge in [0.15, 0.2) is 0 Å². The summed E-state index contributed by atoms with van der Waals surface area (Å²) in [5, 5.41) is 1.13. The highest BCUT2D eigenvalue weighted by molar-refractivity contribution is 8.00. The third-order valence-electron chi connectivity index (χ3n) is 5.61. The van der Waals surface area contributed by atoms with Crippen LogP contribution in [-0.4, -0.2) is 9.97 Å². The van der Waals surface area contributed by atoms with Crippen LogP contribution in [0.3, 0.4) is 0 Å². The number of aromatic nitrogens is 2. The van der Waals surface area contributed by atoms with Gasteiger partial charge in [0.1, 0.15) is 5.03 Å². The van der Waals surface area contributed by atoms with Gasteiger partial charge >= 0.3 is 0 Å². The van der Waals surface area contributed by atoms with E-state index in [9.17, 15) is 0 Å². The summed E-state index contributed by atoms with van der Waals surface area (Å²) in [5.74, 6) is 0. The molecule has 0 atom stereocenters. The molecule has 3 heteroatoms. The topological polar surface area (TPSA) is 25.8 Å². The molecule has 0 spiro atoms. The molecule has 0 N–H and O–H groups in total. The fraction of sp³-hybridized carbons (Fsp3) is 0.273. The molecule has 25 heavy (non-hydrogen) atoms. The van der Waals surface area contributed by atoms with Gasteiger partial charge in [-0.15, -0.1) is 0 Å². The van der Waals surface area contributed by atoms with Crippen LogP contribution in [0.5, 0.6) is 0 Å². The van der Waals surface area contributed by atoms with E-state index in [1.807, 2.05) is 36.3 Å². The maximum Gasteiger partial charge on any atom is 0.105 e. The second-order valence-electron chi connectivity index (χ2n) is 7.90. The van der Waals surface area contributed by atoms with Crippen molar-refractivity contribution in [3.8, 4) is 22.4 Å². The maximum absolute atomic E-state index is 4.72. The Balaban J connectivity index is 1.94. The Morgan fingerprint density at radius 1 is 0.800 bits per heavy atom. The second kappa shape index (κ2) is 4.73. The zero-order valence-corrected chi connectivity index (χ0v) is 15.7. The van der Waals surface area contributed by atoms with Crippen molar-refractivity contribution < 1.29 is 0 Å². The zero-order chi connectivity index (χ0) is 17.4. The highest BCUT2D eigenvalue weighted by Crippen LogP contribution is 2.58. The number of nitrogens with zero attached hydrogens (tertiary/aromatic N) is 2. The average molecular weight is 344 g/mol. The molecule has 2 aliphatic rings. The van der Waals surface area contributed by atoms with Gasteiger partial charge in [0.25, 0.3) is 0 Å². The molecule has 1 aliphatic heterocycles. The number of benzene rings is 1. The first-order valence-corrected chi connectivity index (χ1v) is 9.51. The van der Waals surface area contributed by atoms with Crippen molar-refractivity contribution in [2.75, 3.05) is 0 Å². The van der Waals surface area contributed by atoms with Gasteiger partial charge in [0, 0.05) is 33.7 Å². The Bertz CT molecular complexity index is 1030. The lowest BCUT2D eigenvalue weighted by atomic mass is 9.76. The van der Waals surface area contributed by atoms with Crippen molar-refractivity contribution in [2.45, 2.75) is 42.9 Å². The molecule has 0 saturated heterocycles. The number of fused-ring (bicyclic) bond motifs is 7. The minimum absolute atomic E-state index is 0.00397.